The Labute approximate surface area is 151 Å². The van der Waals surface area contributed by atoms with E-state index < -0.39 is 17.5 Å². The van der Waals surface area contributed by atoms with Gasteiger partial charge < -0.3 is 18.8 Å². The summed E-state index contributed by atoms with van der Waals surface area (Å²) in [6.45, 7) is 2.02. The van der Waals surface area contributed by atoms with Crippen LogP contribution in [0, 0.1) is 0 Å². The van der Waals surface area contributed by atoms with Crippen molar-refractivity contribution in [2.24, 2.45) is 0 Å². The van der Waals surface area contributed by atoms with Gasteiger partial charge in [0.15, 0.2) is 0 Å². The molecule has 1 atom stereocenters. The van der Waals surface area contributed by atoms with Crippen LogP contribution in [0.25, 0.3) is 0 Å². The zero-order valence-electron chi connectivity index (χ0n) is 14.9. The summed E-state index contributed by atoms with van der Waals surface area (Å²) in [5.41, 5.74) is 0.804. The van der Waals surface area contributed by atoms with Crippen molar-refractivity contribution < 1.29 is 23.8 Å². The van der Waals surface area contributed by atoms with Crippen molar-refractivity contribution >= 4 is 11.9 Å². The van der Waals surface area contributed by atoms with Crippen molar-refractivity contribution in [3.8, 4) is 0 Å². The van der Waals surface area contributed by atoms with Crippen molar-refractivity contribution in [1.29, 1.82) is 0 Å². The van der Waals surface area contributed by atoms with Gasteiger partial charge in [-0.25, -0.2) is 14.6 Å². The number of benzene rings is 1. The van der Waals surface area contributed by atoms with E-state index in [0.29, 0.717) is 18.5 Å². The fourth-order valence-corrected chi connectivity index (χ4v) is 2.71. The molecule has 2 aromatic rings. The Hall–Kier alpha value is -2.67. The van der Waals surface area contributed by atoms with Crippen molar-refractivity contribution in [1.82, 2.24) is 9.55 Å². The zero-order chi connectivity index (χ0) is 18.6. The zero-order valence-corrected chi connectivity index (χ0v) is 14.9. The van der Waals surface area contributed by atoms with Gasteiger partial charge >= 0.3 is 11.9 Å². The van der Waals surface area contributed by atoms with Gasteiger partial charge in [-0.15, -0.1) is 0 Å². The number of nitrogens with zero attached hydrogens (tertiary/aromatic N) is 2. The van der Waals surface area contributed by atoms with Gasteiger partial charge in [-0.05, 0) is 25.3 Å². The number of ether oxygens (including phenoxy) is 3. The molecule has 1 aromatic heterocycles. The van der Waals surface area contributed by atoms with Crippen molar-refractivity contribution in [2.75, 3.05) is 20.3 Å². The molecule has 138 valence electrons. The van der Waals surface area contributed by atoms with E-state index in [9.17, 15) is 9.59 Å². The maximum absolute atomic E-state index is 12.6. The molecule has 1 fully saturated rings. The highest BCUT2D eigenvalue weighted by Crippen LogP contribution is 2.40. The smallest absolute Gasteiger partial charge is 0.357 e. The molecule has 1 aromatic carbocycles. The molecule has 0 bridgehead atoms. The van der Waals surface area contributed by atoms with E-state index in [-0.39, 0.29) is 19.3 Å². The normalized spacial score (nSPS) is 15.9. The highest BCUT2D eigenvalue weighted by atomic mass is 16.6. The molecule has 0 spiro atoms. The second kappa shape index (κ2) is 7.70. The van der Waals surface area contributed by atoms with Gasteiger partial charge in [0, 0.05) is 0 Å². The van der Waals surface area contributed by atoms with Crippen LogP contribution in [0.4, 0.5) is 0 Å². The lowest BCUT2D eigenvalue weighted by atomic mass is 10.1. The first kappa shape index (κ1) is 18.1. The summed E-state index contributed by atoms with van der Waals surface area (Å²) < 4.78 is 17.3. The molecular weight excluding hydrogens is 336 g/mol. The Morgan fingerprint density at radius 2 is 2.00 bits per heavy atom. The van der Waals surface area contributed by atoms with E-state index in [1.165, 1.54) is 13.3 Å². The topological polar surface area (TPSA) is 79.7 Å². The molecule has 7 nitrogen and oxygen atoms in total. The van der Waals surface area contributed by atoms with Gasteiger partial charge in [0.1, 0.15) is 17.9 Å². The molecule has 0 N–H and O–H groups in total. The molecule has 0 aliphatic heterocycles. The first-order valence-electron chi connectivity index (χ1n) is 8.49. The lowest BCUT2D eigenvalue weighted by Gasteiger charge is -2.19. The molecule has 1 heterocycles. The molecular formula is C19H22N2O5. The average Bonchev–Trinajstić information content (AvgIpc) is 3.23. The Bertz CT molecular complexity index is 767. The minimum Gasteiger partial charge on any atom is -0.467 e. The number of carbonyl (C=O) groups excluding carboxylic acids is 2. The monoisotopic (exact) mass is 358 g/mol. The summed E-state index contributed by atoms with van der Waals surface area (Å²) in [7, 11) is 1.30. The average molecular weight is 358 g/mol. The molecule has 0 amide bonds. The van der Waals surface area contributed by atoms with Crippen LogP contribution in [0.3, 0.4) is 0 Å². The third-order valence-electron chi connectivity index (χ3n) is 4.50. The third kappa shape index (κ3) is 4.11. The highest BCUT2D eigenvalue weighted by Gasteiger charge is 2.48. The number of esters is 2. The number of aromatic nitrogens is 2. The summed E-state index contributed by atoms with van der Waals surface area (Å²) >= 11 is 0. The van der Waals surface area contributed by atoms with Crippen LogP contribution in [0.5, 0.6) is 0 Å². The van der Waals surface area contributed by atoms with Crippen LogP contribution in [-0.4, -0.2) is 47.4 Å². The van der Waals surface area contributed by atoms with Crippen LogP contribution in [0.1, 0.15) is 41.9 Å². The third-order valence-corrected chi connectivity index (χ3v) is 4.50. The maximum Gasteiger partial charge on any atom is 0.357 e. The molecule has 3 rings (SSSR count). The minimum absolute atomic E-state index is 0.0491. The number of rotatable bonds is 8. The lowest BCUT2D eigenvalue weighted by Crippen LogP contribution is -2.28. The Morgan fingerprint density at radius 3 is 2.65 bits per heavy atom. The predicted molar refractivity (Wildman–Crippen MR) is 92.7 cm³/mol. The minimum atomic E-state index is -0.657. The second-order valence-electron chi connectivity index (χ2n) is 6.41. The van der Waals surface area contributed by atoms with Gasteiger partial charge in [0.2, 0.25) is 0 Å². The first-order chi connectivity index (χ1) is 12.5. The molecule has 0 unspecified atom stereocenters. The number of methoxy groups -OCH3 is 1. The summed E-state index contributed by atoms with van der Waals surface area (Å²) in [6.07, 6.45) is 4.55. The van der Waals surface area contributed by atoms with E-state index in [0.717, 1.165) is 5.56 Å². The fourth-order valence-electron chi connectivity index (χ4n) is 2.71. The van der Waals surface area contributed by atoms with Gasteiger partial charge in [-0.3, -0.25) is 0 Å². The van der Waals surface area contributed by atoms with Crippen LogP contribution in [0.15, 0.2) is 42.9 Å². The predicted octanol–water partition coefficient (Wildman–Crippen LogP) is 2.37. The first-order valence-corrected chi connectivity index (χ1v) is 8.49. The van der Waals surface area contributed by atoms with Gasteiger partial charge in [0.05, 0.1) is 32.3 Å². The molecule has 26 heavy (non-hydrogen) atoms. The fraction of sp³-hybridized carbons (Fsp3) is 0.421. The lowest BCUT2D eigenvalue weighted by molar-refractivity contribution is -0.147. The Balaban J connectivity index is 1.64. The van der Waals surface area contributed by atoms with Crippen LogP contribution < -0.4 is 0 Å². The van der Waals surface area contributed by atoms with Gasteiger partial charge in [-0.2, -0.15) is 0 Å². The summed E-state index contributed by atoms with van der Waals surface area (Å²) in [6, 6.07) is 9.82. The Morgan fingerprint density at radius 1 is 1.27 bits per heavy atom. The van der Waals surface area contributed by atoms with E-state index in [1.807, 2.05) is 37.3 Å². The molecule has 1 aliphatic rings. The number of carbonyl (C=O) groups is 2. The van der Waals surface area contributed by atoms with E-state index in [1.54, 1.807) is 10.9 Å². The number of hydrogen-bond donors (Lipinski definition) is 0. The molecule has 0 saturated heterocycles. The Kier molecular flexibility index (Phi) is 5.37. The summed E-state index contributed by atoms with van der Waals surface area (Å²) in [5, 5.41) is 0. The van der Waals surface area contributed by atoms with Crippen molar-refractivity contribution in [3.63, 3.8) is 0 Å². The van der Waals surface area contributed by atoms with E-state index in [4.69, 9.17) is 9.47 Å². The second-order valence-corrected chi connectivity index (χ2v) is 6.41. The van der Waals surface area contributed by atoms with Gasteiger partial charge in [-0.1, -0.05) is 30.3 Å². The molecule has 7 heteroatoms. The summed E-state index contributed by atoms with van der Waals surface area (Å²) in [4.78, 5) is 27.9. The van der Waals surface area contributed by atoms with Crippen LogP contribution in [0.2, 0.25) is 0 Å². The van der Waals surface area contributed by atoms with E-state index in [2.05, 4.69) is 9.72 Å². The van der Waals surface area contributed by atoms with Crippen LogP contribution in [-0.2, 0) is 19.0 Å². The van der Waals surface area contributed by atoms with Gasteiger partial charge in [0.25, 0.3) is 0 Å². The molecule has 1 aliphatic carbocycles. The molecule has 0 radical (unpaired) electrons. The standard InChI is InChI=1S/C19H22N2O5/c1-14(15-6-4-3-5-7-15)21-13-20-10-16(21)18(23)26-19(8-9-19)12-25-11-17(22)24-2/h3-7,10,13-14H,8-9,11-12H2,1-2H3/t14-/m1/s1. The maximum atomic E-state index is 12.6. The van der Waals surface area contributed by atoms with E-state index >= 15 is 0 Å². The molecule has 1 saturated carbocycles. The quantitative estimate of drug-likeness (QED) is 0.674. The van der Waals surface area contributed by atoms with Crippen LogP contribution >= 0.6 is 0 Å². The van der Waals surface area contributed by atoms with Crippen molar-refractivity contribution in [2.45, 2.75) is 31.4 Å². The number of hydrogen-bond acceptors (Lipinski definition) is 6. The summed E-state index contributed by atoms with van der Waals surface area (Å²) in [5.74, 6) is -0.897. The largest absolute Gasteiger partial charge is 0.467 e. The number of imidazole rings is 1. The highest BCUT2D eigenvalue weighted by molar-refractivity contribution is 5.88. The van der Waals surface area contributed by atoms with Crippen molar-refractivity contribution in [3.05, 3.63) is 54.1 Å². The SMILES string of the molecule is COC(=O)COCC1(OC(=O)c2cncn2[C@H](C)c2ccccc2)CC1.